The molecule has 16 heavy (non-hydrogen) atoms. The number of nitrogens with one attached hydrogen (secondary N) is 1. The second kappa shape index (κ2) is 4.54. The van der Waals surface area contributed by atoms with Crippen LogP contribution in [0.5, 0.6) is 0 Å². The molecule has 0 saturated carbocycles. The van der Waals surface area contributed by atoms with Gasteiger partial charge in [-0.05, 0) is 49.5 Å². The molecule has 1 N–H and O–H groups in total. The molecule has 0 spiro atoms. The first-order valence-electron chi connectivity index (χ1n) is 6.12. The van der Waals surface area contributed by atoms with E-state index in [2.05, 4.69) is 19.2 Å². The smallest absolute Gasteiger partial charge is 0.123 e. The summed E-state index contributed by atoms with van der Waals surface area (Å²) in [4.78, 5) is 0. The van der Waals surface area contributed by atoms with Crippen LogP contribution in [0.2, 0.25) is 0 Å². The maximum absolute atomic E-state index is 13.0. The van der Waals surface area contributed by atoms with Crippen molar-refractivity contribution < 1.29 is 4.39 Å². The van der Waals surface area contributed by atoms with Crippen LogP contribution in [0.4, 0.5) is 4.39 Å². The Morgan fingerprint density at radius 1 is 1.12 bits per heavy atom. The van der Waals surface area contributed by atoms with E-state index < -0.39 is 0 Å². The van der Waals surface area contributed by atoms with Gasteiger partial charge in [-0.15, -0.1) is 0 Å². The summed E-state index contributed by atoms with van der Waals surface area (Å²) in [6.07, 6.45) is 2.30. The van der Waals surface area contributed by atoms with Crippen molar-refractivity contribution in [1.82, 2.24) is 5.32 Å². The third kappa shape index (κ3) is 1.99. The average Bonchev–Trinajstić information content (AvgIpc) is 2.30. The number of hydrogen-bond donors (Lipinski definition) is 1. The van der Waals surface area contributed by atoms with Gasteiger partial charge in [-0.3, -0.25) is 0 Å². The van der Waals surface area contributed by atoms with Gasteiger partial charge in [-0.1, -0.05) is 26.0 Å². The molecule has 0 bridgehead atoms. The van der Waals surface area contributed by atoms with Gasteiger partial charge < -0.3 is 5.32 Å². The molecule has 0 aromatic heterocycles. The van der Waals surface area contributed by atoms with E-state index in [1.54, 1.807) is 12.1 Å². The first-order valence-corrected chi connectivity index (χ1v) is 6.12. The summed E-state index contributed by atoms with van der Waals surface area (Å²) < 4.78 is 13.0. The molecule has 0 aliphatic carbocycles. The third-order valence-electron chi connectivity index (χ3n) is 4.02. The number of hydrogen-bond acceptors (Lipinski definition) is 1. The van der Waals surface area contributed by atoms with Crippen LogP contribution in [0.15, 0.2) is 24.3 Å². The van der Waals surface area contributed by atoms with Gasteiger partial charge in [0.15, 0.2) is 0 Å². The number of benzene rings is 1. The highest BCUT2D eigenvalue weighted by atomic mass is 19.1. The van der Waals surface area contributed by atoms with E-state index in [0.717, 1.165) is 25.9 Å². The predicted molar refractivity (Wildman–Crippen MR) is 65.0 cm³/mol. The Labute approximate surface area is 97.1 Å². The molecular weight excluding hydrogens is 201 g/mol. The van der Waals surface area contributed by atoms with Crippen LogP contribution in [-0.2, 0) is 5.41 Å². The van der Waals surface area contributed by atoms with Gasteiger partial charge in [0, 0.05) is 5.41 Å². The Hall–Kier alpha value is -0.890. The topological polar surface area (TPSA) is 12.0 Å². The van der Waals surface area contributed by atoms with Crippen LogP contribution >= 0.6 is 0 Å². The second-order valence-corrected chi connectivity index (χ2v) is 5.07. The summed E-state index contributed by atoms with van der Waals surface area (Å²) in [5, 5.41) is 3.40. The fourth-order valence-corrected chi connectivity index (χ4v) is 2.85. The molecule has 1 nitrogen and oxygen atoms in total. The third-order valence-corrected chi connectivity index (χ3v) is 4.02. The zero-order valence-corrected chi connectivity index (χ0v) is 10.1. The molecule has 1 aliphatic rings. The van der Waals surface area contributed by atoms with Gasteiger partial charge in [0.2, 0.25) is 0 Å². The second-order valence-electron chi connectivity index (χ2n) is 5.07. The molecular formula is C14H20FN. The lowest BCUT2D eigenvalue weighted by molar-refractivity contribution is 0.227. The van der Waals surface area contributed by atoms with Crippen molar-refractivity contribution in [1.29, 1.82) is 0 Å². The van der Waals surface area contributed by atoms with E-state index in [1.807, 2.05) is 12.1 Å². The molecule has 0 radical (unpaired) electrons. The standard InChI is InChI=1S/C14H20FN/c1-11(2)14(7-9-16-10-8-14)12-3-5-13(15)6-4-12/h3-6,11,16H,7-10H2,1-2H3. The van der Waals surface area contributed by atoms with Crippen molar-refractivity contribution in [3.63, 3.8) is 0 Å². The van der Waals surface area contributed by atoms with Crippen molar-refractivity contribution in [3.8, 4) is 0 Å². The van der Waals surface area contributed by atoms with Crippen molar-refractivity contribution in [2.24, 2.45) is 5.92 Å². The van der Waals surface area contributed by atoms with Gasteiger partial charge in [0.25, 0.3) is 0 Å². The van der Waals surface area contributed by atoms with Gasteiger partial charge in [-0.25, -0.2) is 4.39 Å². The molecule has 1 heterocycles. The number of halogens is 1. The zero-order chi connectivity index (χ0) is 11.6. The largest absolute Gasteiger partial charge is 0.317 e. The zero-order valence-electron chi connectivity index (χ0n) is 10.1. The lowest BCUT2D eigenvalue weighted by Gasteiger charge is -2.42. The summed E-state index contributed by atoms with van der Waals surface area (Å²) in [7, 11) is 0. The van der Waals surface area contributed by atoms with Crippen LogP contribution in [-0.4, -0.2) is 13.1 Å². The van der Waals surface area contributed by atoms with Crippen LogP contribution in [0.25, 0.3) is 0 Å². The molecule has 0 amide bonds. The molecule has 2 rings (SSSR count). The minimum atomic E-state index is -0.142. The van der Waals surface area contributed by atoms with Crippen molar-refractivity contribution in [3.05, 3.63) is 35.6 Å². The van der Waals surface area contributed by atoms with E-state index in [0.29, 0.717) is 5.92 Å². The van der Waals surface area contributed by atoms with Gasteiger partial charge in [0.1, 0.15) is 5.82 Å². The van der Waals surface area contributed by atoms with E-state index >= 15 is 0 Å². The summed E-state index contributed by atoms with van der Waals surface area (Å²) in [6.45, 7) is 6.68. The summed E-state index contributed by atoms with van der Waals surface area (Å²) >= 11 is 0. The molecule has 1 aromatic rings. The Kier molecular flexibility index (Phi) is 3.29. The first-order chi connectivity index (χ1) is 7.65. The lowest BCUT2D eigenvalue weighted by atomic mass is 9.66. The van der Waals surface area contributed by atoms with E-state index in [1.165, 1.54) is 5.56 Å². The highest BCUT2D eigenvalue weighted by Gasteiger charge is 2.36. The molecule has 1 aromatic carbocycles. The molecule has 1 saturated heterocycles. The molecule has 2 heteroatoms. The SMILES string of the molecule is CC(C)C1(c2ccc(F)cc2)CCNCC1. The monoisotopic (exact) mass is 221 g/mol. The number of rotatable bonds is 2. The fourth-order valence-electron chi connectivity index (χ4n) is 2.85. The molecule has 88 valence electrons. The molecule has 1 fully saturated rings. The molecule has 1 aliphatic heterocycles. The average molecular weight is 221 g/mol. The quantitative estimate of drug-likeness (QED) is 0.809. The Morgan fingerprint density at radius 2 is 1.69 bits per heavy atom. The molecule has 0 unspecified atom stereocenters. The van der Waals surface area contributed by atoms with Crippen LogP contribution < -0.4 is 5.32 Å². The maximum atomic E-state index is 13.0. The van der Waals surface area contributed by atoms with Gasteiger partial charge in [0.05, 0.1) is 0 Å². The lowest BCUT2D eigenvalue weighted by Crippen LogP contribution is -2.43. The van der Waals surface area contributed by atoms with E-state index in [-0.39, 0.29) is 11.2 Å². The molecule has 0 atom stereocenters. The minimum absolute atomic E-state index is 0.142. The van der Waals surface area contributed by atoms with E-state index in [4.69, 9.17) is 0 Å². The van der Waals surface area contributed by atoms with Crippen molar-refractivity contribution in [2.45, 2.75) is 32.1 Å². The van der Waals surface area contributed by atoms with Crippen LogP contribution in [0.3, 0.4) is 0 Å². The Bertz CT molecular complexity index is 336. The van der Waals surface area contributed by atoms with E-state index in [9.17, 15) is 4.39 Å². The fraction of sp³-hybridized carbons (Fsp3) is 0.571. The normalized spacial score (nSPS) is 20.0. The highest BCUT2D eigenvalue weighted by molar-refractivity contribution is 5.27. The number of piperidine rings is 1. The van der Waals surface area contributed by atoms with Crippen molar-refractivity contribution >= 4 is 0 Å². The Morgan fingerprint density at radius 3 is 2.19 bits per heavy atom. The first kappa shape index (κ1) is 11.6. The summed E-state index contributed by atoms with van der Waals surface area (Å²) in [6, 6.07) is 7.09. The summed E-state index contributed by atoms with van der Waals surface area (Å²) in [5.41, 5.74) is 1.53. The maximum Gasteiger partial charge on any atom is 0.123 e. The Balaban J connectivity index is 2.34. The predicted octanol–water partition coefficient (Wildman–Crippen LogP) is 3.10. The minimum Gasteiger partial charge on any atom is -0.317 e. The van der Waals surface area contributed by atoms with Crippen LogP contribution in [0, 0.1) is 11.7 Å². The van der Waals surface area contributed by atoms with Gasteiger partial charge >= 0.3 is 0 Å². The van der Waals surface area contributed by atoms with Crippen LogP contribution in [0.1, 0.15) is 32.3 Å². The van der Waals surface area contributed by atoms with Crippen molar-refractivity contribution in [2.75, 3.05) is 13.1 Å². The summed E-state index contributed by atoms with van der Waals surface area (Å²) in [5.74, 6) is 0.455. The highest BCUT2D eigenvalue weighted by Crippen LogP contribution is 2.40. The van der Waals surface area contributed by atoms with Gasteiger partial charge in [-0.2, -0.15) is 0 Å².